The van der Waals surface area contributed by atoms with Crippen molar-refractivity contribution in [2.24, 2.45) is 17.6 Å². The fraction of sp³-hybridized carbons (Fsp3) is 0.812. The zero-order valence-electron chi connectivity index (χ0n) is 15.1. The van der Waals surface area contributed by atoms with E-state index in [1.54, 1.807) is 0 Å². The monoisotopic (exact) mass is 345 g/mol. The third-order valence-corrected chi connectivity index (χ3v) is 3.95. The lowest BCUT2D eigenvalue weighted by Gasteiger charge is -2.26. The second kappa shape index (κ2) is 10.2. The fourth-order valence-electron chi connectivity index (χ4n) is 2.13. The van der Waals surface area contributed by atoms with E-state index in [-0.39, 0.29) is 11.8 Å². The van der Waals surface area contributed by atoms with Gasteiger partial charge in [0, 0.05) is 0 Å². The van der Waals surface area contributed by atoms with E-state index in [1.807, 2.05) is 27.7 Å². The number of carbonyl (C=O) groups is 3. The van der Waals surface area contributed by atoms with Crippen molar-refractivity contribution in [2.75, 3.05) is 0 Å². The van der Waals surface area contributed by atoms with Crippen molar-refractivity contribution >= 4 is 17.8 Å². The van der Waals surface area contributed by atoms with Crippen LogP contribution < -0.4 is 16.4 Å². The van der Waals surface area contributed by atoms with Crippen molar-refractivity contribution in [3.63, 3.8) is 0 Å². The van der Waals surface area contributed by atoms with Crippen molar-refractivity contribution in [3.8, 4) is 0 Å². The average molecular weight is 345 g/mol. The van der Waals surface area contributed by atoms with Crippen LogP contribution in [0, 0.1) is 11.8 Å². The van der Waals surface area contributed by atoms with Crippen LogP contribution in [0.5, 0.6) is 0 Å². The van der Waals surface area contributed by atoms with Crippen LogP contribution in [-0.2, 0) is 14.4 Å². The molecule has 0 spiro atoms. The summed E-state index contributed by atoms with van der Waals surface area (Å²) in [6.07, 6.45) is -0.209. The standard InChI is InChI=1S/C16H31N3O5/c1-6-9(4)12(17)15(22)18-11(7-8(2)3)14(21)19-13(10(5)20)16(23)24/h8-13,20H,6-7,17H2,1-5H3,(H,18,22)(H,19,21)(H,23,24). The van der Waals surface area contributed by atoms with E-state index < -0.39 is 42.0 Å². The number of carbonyl (C=O) groups excluding carboxylic acids is 2. The van der Waals surface area contributed by atoms with Gasteiger partial charge in [0.25, 0.3) is 0 Å². The molecule has 0 aromatic rings. The van der Waals surface area contributed by atoms with Crippen LogP contribution >= 0.6 is 0 Å². The summed E-state index contributed by atoms with van der Waals surface area (Å²) in [5, 5.41) is 23.4. The first-order valence-electron chi connectivity index (χ1n) is 8.28. The van der Waals surface area contributed by atoms with Crippen molar-refractivity contribution in [1.29, 1.82) is 0 Å². The van der Waals surface area contributed by atoms with Gasteiger partial charge in [0.15, 0.2) is 6.04 Å². The maximum atomic E-state index is 12.4. The van der Waals surface area contributed by atoms with Crippen molar-refractivity contribution in [1.82, 2.24) is 10.6 Å². The number of amides is 2. The second-order valence-corrected chi connectivity index (χ2v) is 6.67. The summed E-state index contributed by atoms with van der Waals surface area (Å²) in [7, 11) is 0. The molecule has 0 aliphatic heterocycles. The number of aliphatic carboxylic acids is 1. The first-order valence-corrected chi connectivity index (χ1v) is 8.28. The molecule has 0 aromatic carbocycles. The molecule has 0 saturated heterocycles. The minimum atomic E-state index is -1.44. The van der Waals surface area contributed by atoms with E-state index in [0.717, 1.165) is 6.42 Å². The lowest BCUT2D eigenvalue weighted by molar-refractivity contribution is -0.145. The summed E-state index contributed by atoms with van der Waals surface area (Å²) in [4.78, 5) is 35.7. The number of rotatable bonds is 10. The number of hydrogen-bond donors (Lipinski definition) is 5. The van der Waals surface area contributed by atoms with Gasteiger partial charge in [-0.05, 0) is 25.2 Å². The topological polar surface area (TPSA) is 142 Å². The molecule has 0 heterocycles. The Kier molecular flexibility index (Phi) is 9.53. The predicted octanol–water partition coefficient (Wildman–Crippen LogP) is -0.159. The molecule has 5 atom stereocenters. The number of carboxylic acids is 1. The number of aliphatic hydroxyl groups is 1. The van der Waals surface area contributed by atoms with E-state index in [2.05, 4.69) is 10.6 Å². The van der Waals surface area contributed by atoms with Gasteiger partial charge in [-0.2, -0.15) is 0 Å². The third-order valence-electron chi connectivity index (χ3n) is 3.95. The second-order valence-electron chi connectivity index (χ2n) is 6.67. The van der Waals surface area contributed by atoms with Gasteiger partial charge in [0.05, 0.1) is 12.1 Å². The van der Waals surface area contributed by atoms with Gasteiger partial charge in [-0.3, -0.25) is 9.59 Å². The first kappa shape index (κ1) is 22.3. The Bertz CT molecular complexity index is 439. The minimum Gasteiger partial charge on any atom is -0.480 e. The smallest absolute Gasteiger partial charge is 0.328 e. The maximum Gasteiger partial charge on any atom is 0.328 e. The molecule has 140 valence electrons. The Balaban J connectivity index is 5.08. The van der Waals surface area contributed by atoms with Crippen molar-refractivity contribution in [3.05, 3.63) is 0 Å². The van der Waals surface area contributed by atoms with Gasteiger partial charge in [-0.25, -0.2) is 4.79 Å². The minimum absolute atomic E-state index is 0.0445. The van der Waals surface area contributed by atoms with Crippen LogP contribution in [0.1, 0.15) is 47.5 Å². The van der Waals surface area contributed by atoms with Crippen LogP contribution in [0.15, 0.2) is 0 Å². The van der Waals surface area contributed by atoms with E-state index in [9.17, 15) is 19.5 Å². The molecule has 8 nitrogen and oxygen atoms in total. The van der Waals surface area contributed by atoms with Crippen LogP contribution in [-0.4, -0.2) is 52.2 Å². The highest BCUT2D eigenvalue weighted by Crippen LogP contribution is 2.09. The van der Waals surface area contributed by atoms with Crippen LogP contribution in [0.3, 0.4) is 0 Å². The summed E-state index contributed by atoms with van der Waals surface area (Å²) < 4.78 is 0. The molecule has 6 N–H and O–H groups in total. The normalized spacial score (nSPS) is 17.5. The Morgan fingerprint density at radius 1 is 1.04 bits per heavy atom. The maximum absolute atomic E-state index is 12.4. The Morgan fingerprint density at radius 2 is 1.58 bits per heavy atom. The van der Waals surface area contributed by atoms with Gasteiger partial charge in [-0.1, -0.05) is 34.1 Å². The van der Waals surface area contributed by atoms with E-state index >= 15 is 0 Å². The molecule has 8 heteroatoms. The quantitative estimate of drug-likeness (QED) is 0.372. The molecule has 5 unspecified atom stereocenters. The number of nitrogens with two attached hydrogens (primary N) is 1. The highest BCUT2D eigenvalue weighted by Gasteiger charge is 2.31. The average Bonchev–Trinajstić information content (AvgIpc) is 2.48. The summed E-state index contributed by atoms with van der Waals surface area (Å²) in [6.45, 7) is 8.79. The summed E-state index contributed by atoms with van der Waals surface area (Å²) in [6, 6.07) is -3.09. The Labute approximate surface area is 143 Å². The Hall–Kier alpha value is -1.67. The molecule has 0 bridgehead atoms. The molecule has 2 amide bonds. The lowest BCUT2D eigenvalue weighted by Crippen LogP contribution is -2.57. The van der Waals surface area contributed by atoms with Crippen LogP contribution in [0.25, 0.3) is 0 Å². The zero-order chi connectivity index (χ0) is 19.0. The van der Waals surface area contributed by atoms with Gasteiger partial charge >= 0.3 is 5.97 Å². The Morgan fingerprint density at radius 3 is 1.96 bits per heavy atom. The molecule has 0 aliphatic carbocycles. The number of aliphatic hydroxyl groups excluding tert-OH is 1. The number of nitrogens with one attached hydrogen (secondary N) is 2. The molecule has 0 radical (unpaired) electrons. The molecular weight excluding hydrogens is 314 g/mol. The van der Waals surface area contributed by atoms with Gasteiger partial charge in [-0.15, -0.1) is 0 Å². The van der Waals surface area contributed by atoms with E-state index in [1.165, 1.54) is 6.92 Å². The predicted molar refractivity (Wildman–Crippen MR) is 90.1 cm³/mol. The molecular formula is C16H31N3O5. The SMILES string of the molecule is CCC(C)C(N)C(=O)NC(CC(C)C)C(=O)NC(C(=O)O)C(C)O. The summed E-state index contributed by atoms with van der Waals surface area (Å²) in [5.74, 6) is -2.40. The first-order chi connectivity index (χ1) is 11.0. The molecule has 0 rings (SSSR count). The number of hydrogen-bond acceptors (Lipinski definition) is 5. The molecule has 0 fully saturated rings. The molecule has 24 heavy (non-hydrogen) atoms. The van der Waals surface area contributed by atoms with E-state index in [4.69, 9.17) is 10.8 Å². The van der Waals surface area contributed by atoms with Crippen molar-refractivity contribution < 1.29 is 24.6 Å². The van der Waals surface area contributed by atoms with Gasteiger partial charge in [0.2, 0.25) is 11.8 Å². The summed E-state index contributed by atoms with van der Waals surface area (Å²) in [5.41, 5.74) is 5.87. The van der Waals surface area contributed by atoms with Crippen LogP contribution in [0.2, 0.25) is 0 Å². The molecule has 0 aromatic heterocycles. The zero-order valence-corrected chi connectivity index (χ0v) is 15.1. The molecule has 0 aliphatic rings. The third kappa shape index (κ3) is 7.27. The van der Waals surface area contributed by atoms with Gasteiger partial charge in [0.1, 0.15) is 6.04 Å². The highest BCUT2D eigenvalue weighted by molar-refractivity contribution is 5.92. The lowest BCUT2D eigenvalue weighted by atomic mass is 9.97. The highest BCUT2D eigenvalue weighted by atomic mass is 16.4. The largest absolute Gasteiger partial charge is 0.480 e. The fourth-order valence-corrected chi connectivity index (χ4v) is 2.13. The molecule has 0 saturated carbocycles. The van der Waals surface area contributed by atoms with Crippen molar-refractivity contribution in [2.45, 2.75) is 71.7 Å². The van der Waals surface area contributed by atoms with Gasteiger partial charge < -0.3 is 26.6 Å². The van der Waals surface area contributed by atoms with E-state index in [0.29, 0.717) is 6.42 Å². The number of carboxylic acid groups (broad SMARTS) is 1. The summed E-state index contributed by atoms with van der Waals surface area (Å²) >= 11 is 0. The van der Waals surface area contributed by atoms with Crippen LogP contribution in [0.4, 0.5) is 0 Å².